The van der Waals surface area contributed by atoms with E-state index in [1.165, 1.54) is 0 Å². The minimum atomic E-state index is 0.0877. The van der Waals surface area contributed by atoms with Gasteiger partial charge in [-0.15, -0.1) is 7.92 Å². The van der Waals surface area contributed by atoms with Gasteiger partial charge in [0, 0.05) is 13.2 Å². The monoisotopic (exact) mass is 164 g/mol. The number of hydrogen-bond donors (Lipinski definition) is 2. The Bertz CT molecular complexity index is 60.6. The molecule has 0 rings (SSSR count). The molecule has 0 heterocycles. The Kier molecular flexibility index (Phi) is 7.72. The Morgan fingerprint density at radius 3 is 1.70 bits per heavy atom. The second kappa shape index (κ2) is 7.46. The van der Waals surface area contributed by atoms with Crippen molar-refractivity contribution in [1.82, 2.24) is 0 Å². The van der Waals surface area contributed by atoms with Crippen LogP contribution < -0.4 is 0 Å². The van der Waals surface area contributed by atoms with Crippen LogP contribution in [0.1, 0.15) is 12.8 Å². The van der Waals surface area contributed by atoms with E-state index in [4.69, 9.17) is 10.2 Å². The van der Waals surface area contributed by atoms with Gasteiger partial charge in [0.2, 0.25) is 0 Å². The maximum atomic E-state index is 8.50. The minimum absolute atomic E-state index is 0.0877. The third-order valence-electron chi connectivity index (χ3n) is 1.40. The van der Waals surface area contributed by atoms with E-state index in [-0.39, 0.29) is 7.92 Å². The van der Waals surface area contributed by atoms with Crippen molar-refractivity contribution in [3.63, 3.8) is 0 Å². The topological polar surface area (TPSA) is 40.5 Å². The average molecular weight is 164 g/mol. The molecular weight excluding hydrogens is 147 g/mol. The molecule has 0 fully saturated rings. The summed E-state index contributed by atoms with van der Waals surface area (Å²) in [4.78, 5) is 0. The Labute approximate surface area is 64.0 Å². The predicted octanol–water partition coefficient (Wildman–Crippen LogP) is 0.863. The van der Waals surface area contributed by atoms with E-state index >= 15 is 0 Å². The zero-order chi connectivity index (χ0) is 7.82. The van der Waals surface area contributed by atoms with Crippen LogP contribution >= 0.6 is 7.92 Å². The average Bonchev–Trinajstić information content (AvgIpc) is 1.97. The van der Waals surface area contributed by atoms with Crippen molar-refractivity contribution in [2.24, 2.45) is 0 Å². The molecule has 0 aromatic heterocycles. The van der Waals surface area contributed by atoms with Gasteiger partial charge in [0.1, 0.15) is 0 Å². The lowest BCUT2D eigenvalue weighted by atomic mass is 10.5. The lowest BCUT2D eigenvalue weighted by molar-refractivity contribution is 0.294. The fourth-order valence-corrected chi connectivity index (χ4v) is 2.38. The van der Waals surface area contributed by atoms with Gasteiger partial charge in [0.05, 0.1) is 0 Å². The summed E-state index contributed by atoms with van der Waals surface area (Å²) in [6.45, 7) is 2.85. The molecule has 2 nitrogen and oxygen atoms in total. The highest BCUT2D eigenvalue weighted by molar-refractivity contribution is 7.56. The Hall–Kier alpha value is 0.350. The SMILES string of the molecule is CP(CCCO)CCCO. The highest BCUT2D eigenvalue weighted by atomic mass is 31.1. The van der Waals surface area contributed by atoms with Crippen molar-refractivity contribution >= 4 is 7.92 Å². The molecule has 0 aliphatic heterocycles. The molecule has 0 aromatic rings. The van der Waals surface area contributed by atoms with Crippen molar-refractivity contribution in [2.45, 2.75) is 12.8 Å². The molecular formula is C7H17O2P. The van der Waals surface area contributed by atoms with Gasteiger partial charge in [0.25, 0.3) is 0 Å². The van der Waals surface area contributed by atoms with Crippen molar-refractivity contribution in [1.29, 1.82) is 0 Å². The molecule has 0 aliphatic carbocycles. The van der Waals surface area contributed by atoms with E-state index in [0.717, 1.165) is 25.2 Å². The van der Waals surface area contributed by atoms with E-state index in [9.17, 15) is 0 Å². The molecule has 0 spiro atoms. The molecule has 2 N–H and O–H groups in total. The first-order chi connectivity index (χ1) is 4.81. The number of hydrogen-bond acceptors (Lipinski definition) is 2. The zero-order valence-corrected chi connectivity index (χ0v) is 7.48. The highest BCUT2D eigenvalue weighted by Gasteiger charge is 1.98. The highest BCUT2D eigenvalue weighted by Crippen LogP contribution is 2.31. The van der Waals surface area contributed by atoms with Crippen LogP contribution in [0.4, 0.5) is 0 Å². The molecule has 3 heteroatoms. The van der Waals surface area contributed by atoms with Crippen LogP contribution in [0.15, 0.2) is 0 Å². The van der Waals surface area contributed by atoms with Gasteiger partial charge in [0.15, 0.2) is 0 Å². The van der Waals surface area contributed by atoms with Crippen LogP contribution in [-0.2, 0) is 0 Å². The van der Waals surface area contributed by atoms with E-state index < -0.39 is 0 Å². The lowest BCUT2D eigenvalue weighted by Crippen LogP contribution is -1.94. The van der Waals surface area contributed by atoms with E-state index in [1.807, 2.05) is 0 Å². The maximum absolute atomic E-state index is 8.50. The third kappa shape index (κ3) is 6.47. The summed E-state index contributed by atoms with van der Waals surface area (Å²) in [5, 5.41) is 17.0. The largest absolute Gasteiger partial charge is 0.396 e. The van der Waals surface area contributed by atoms with Gasteiger partial charge >= 0.3 is 0 Å². The number of aliphatic hydroxyl groups is 2. The van der Waals surface area contributed by atoms with Crippen LogP contribution in [-0.4, -0.2) is 42.4 Å². The Morgan fingerprint density at radius 2 is 1.40 bits per heavy atom. The fourth-order valence-electron chi connectivity index (χ4n) is 0.793. The molecule has 0 aromatic carbocycles. The first-order valence-corrected chi connectivity index (χ1v) is 5.87. The molecule has 0 saturated heterocycles. The molecule has 10 heavy (non-hydrogen) atoms. The van der Waals surface area contributed by atoms with E-state index in [2.05, 4.69) is 6.66 Å². The molecule has 0 radical (unpaired) electrons. The molecule has 0 atom stereocenters. The molecule has 0 unspecified atom stereocenters. The van der Waals surface area contributed by atoms with E-state index in [0.29, 0.717) is 13.2 Å². The van der Waals surface area contributed by atoms with Gasteiger partial charge in [-0.3, -0.25) is 0 Å². The first kappa shape index (κ1) is 10.3. The second-order valence-electron chi connectivity index (χ2n) is 2.46. The quantitative estimate of drug-likeness (QED) is 0.572. The summed E-state index contributed by atoms with van der Waals surface area (Å²) in [6.07, 6.45) is 4.14. The van der Waals surface area contributed by atoms with Crippen LogP contribution in [0.5, 0.6) is 0 Å². The summed E-state index contributed by atoms with van der Waals surface area (Å²) in [7, 11) is 0.0877. The molecule has 0 amide bonds. The van der Waals surface area contributed by atoms with Crippen LogP contribution in [0.25, 0.3) is 0 Å². The van der Waals surface area contributed by atoms with Gasteiger partial charge < -0.3 is 10.2 Å². The first-order valence-electron chi connectivity index (χ1n) is 3.71. The summed E-state index contributed by atoms with van der Waals surface area (Å²) in [5.74, 6) is 0. The summed E-state index contributed by atoms with van der Waals surface area (Å²) in [6, 6.07) is 0. The molecule has 0 aliphatic rings. The Morgan fingerprint density at radius 1 is 1.00 bits per heavy atom. The molecule has 0 saturated carbocycles. The summed E-state index contributed by atoms with van der Waals surface area (Å²) < 4.78 is 0. The molecule has 62 valence electrons. The van der Waals surface area contributed by atoms with Crippen LogP contribution in [0, 0.1) is 0 Å². The Balaban J connectivity index is 3.00. The van der Waals surface area contributed by atoms with Crippen molar-refractivity contribution < 1.29 is 10.2 Å². The number of rotatable bonds is 6. The summed E-state index contributed by atoms with van der Waals surface area (Å²) in [5.41, 5.74) is 0. The standard InChI is InChI=1S/C7H17O2P/c1-10(6-2-4-8)7-3-5-9/h8-9H,2-7H2,1H3. The maximum Gasteiger partial charge on any atom is 0.0434 e. The smallest absolute Gasteiger partial charge is 0.0434 e. The summed E-state index contributed by atoms with van der Waals surface area (Å²) >= 11 is 0. The van der Waals surface area contributed by atoms with Gasteiger partial charge in [-0.25, -0.2) is 0 Å². The van der Waals surface area contributed by atoms with Crippen molar-refractivity contribution in [3.8, 4) is 0 Å². The minimum Gasteiger partial charge on any atom is -0.396 e. The van der Waals surface area contributed by atoms with E-state index in [1.54, 1.807) is 0 Å². The predicted molar refractivity (Wildman–Crippen MR) is 46.0 cm³/mol. The lowest BCUT2D eigenvalue weighted by Gasteiger charge is -2.08. The fraction of sp³-hybridized carbons (Fsp3) is 1.00. The molecule has 0 bridgehead atoms. The van der Waals surface area contributed by atoms with Crippen LogP contribution in [0.3, 0.4) is 0 Å². The van der Waals surface area contributed by atoms with Crippen LogP contribution in [0.2, 0.25) is 0 Å². The zero-order valence-electron chi connectivity index (χ0n) is 6.58. The van der Waals surface area contributed by atoms with Gasteiger partial charge in [-0.05, 0) is 31.8 Å². The normalized spacial score (nSPS) is 10.8. The van der Waals surface area contributed by atoms with Crippen molar-refractivity contribution in [3.05, 3.63) is 0 Å². The van der Waals surface area contributed by atoms with Crippen molar-refractivity contribution in [2.75, 3.05) is 32.2 Å². The third-order valence-corrected chi connectivity index (χ3v) is 3.56. The van der Waals surface area contributed by atoms with Gasteiger partial charge in [-0.2, -0.15) is 0 Å². The van der Waals surface area contributed by atoms with Gasteiger partial charge in [-0.1, -0.05) is 0 Å². The number of aliphatic hydroxyl groups excluding tert-OH is 2. The second-order valence-corrected chi connectivity index (χ2v) is 5.06.